The summed E-state index contributed by atoms with van der Waals surface area (Å²) in [5.74, 6) is 0.156. The van der Waals surface area contributed by atoms with Crippen molar-refractivity contribution in [2.24, 2.45) is 5.92 Å². The number of rotatable bonds is 35. The Morgan fingerprint density at radius 2 is 0.956 bits per heavy atom. The fraction of sp³-hybridized carbons (Fsp3) is 0.829. The fourth-order valence-electron chi connectivity index (χ4n) is 5.80. The number of ketones is 2. The summed E-state index contributed by atoms with van der Waals surface area (Å²) in [7, 11) is 0. The van der Waals surface area contributed by atoms with E-state index in [1.165, 1.54) is 116 Å². The first-order chi connectivity index (χ1) is 22.0. The van der Waals surface area contributed by atoms with Crippen molar-refractivity contribution in [3.63, 3.8) is 0 Å². The molecule has 0 fully saturated rings. The molecular weight excluding hydrogens is 556 g/mol. The lowest BCUT2D eigenvalue weighted by Gasteiger charge is -2.16. The van der Waals surface area contributed by atoms with Gasteiger partial charge in [0.2, 0.25) is 0 Å². The van der Waals surface area contributed by atoms with E-state index in [0.717, 1.165) is 38.5 Å². The second kappa shape index (κ2) is 35.1. The molecule has 0 aromatic carbocycles. The third kappa shape index (κ3) is 35.0. The minimum absolute atomic E-state index is 0.0451. The maximum Gasteiger partial charge on any atom is 0.305 e. The van der Waals surface area contributed by atoms with Crippen molar-refractivity contribution in [1.29, 1.82) is 0 Å². The van der Waals surface area contributed by atoms with Crippen molar-refractivity contribution in [2.45, 2.75) is 207 Å². The van der Waals surface area contributed by atoms with E-state index in [1.807, 2.05) is 0 Å². The standard InChI is InChI=1S/C41H74O4/c1-4-6-8-10-12-14-16-18-19-21-23-25-27-29-31-33-41(44)45-37-39(35-34-38(3)42)36-40(43)32-30-28-26-24-22-20-17-15-13-11-9-7-5-2/h14,16,18-19,39H,4-13,15,17,20-37H2,1-3H3/b16-14+,19-18-. The van der Waals surface area contributed by atoms with Crippen LogP contribution in [-0.4, -0.2) is 24.1 Å². The number of hydrogen-bond donors (Lipinski definition) is 0. The zero-order chi connectivity index (χ0) is 33.1. The SMILES string of the molecule is CCCCCC/C=C/C=C\CCCCCCCC(=O)OCC(CCC(C)=O)CC(=O)CCCCCCCCCCCCCCC. The van der Waals surface area contributed by atoms with E-state index in [0.29, 0.717) is 32.1 Å². The predicted molar refractivity (Wildman–Crippen MR) is 194 cm³/mol. The molecule has 1 unspecified atom stereocenters. The molecule has 0 spiro atoms. The van der Waals surface area contributed by atoms with Gasteiger partial charge in [0.05, 0.1) is 6.61 Å². The molecule has 45 heavy (non-hydrogen) atoms. The molecule has 0 aromatic rings. The van der Waals surface area contributed by atoms with Crippen molar-refractivity contribution in [3.05, 3.63) is 24.3 Å². The van der Waals surface area contributed by atoms with Crippen LogP contribution in [-0.2, 0) is 19.1 Å². The number of Topliss-reactive ketones (excluding diaryl/α,β-unsaturated/α-hetero) is 2. The van der Waals surface area contributed by atoms with Gasteiger partial charge in [-0.05, 0) is 51.9 Å². The van der Waals surface area contributed by atoms with Gasteiger partial charge in [0, 0.05) is 31.6 Å². The van der Waals surface area contributed by atoms with Crippen LogP contribution in [0.3, 0.4) is 0 Å². The quantitative estimate of drug-likeness (QED) is 0.0397. The molecule has 0 radical (unpaired) electrons. The second-order valence-corrected chi connectivity index (χ2v) is 13.5. The Kier molecular flexibility index (Phi) is 33.8. The Hall–Kier alpha value is -1.71. The van der Waals surface area contributed by atoms with E-state index in [2.05, 4.69) is 38.2 Å². The average molecular weight is 631 g/mol. The fourth-order valence-corrected chi connectivity index (χ4v) is 5.80. The lowest BCUT2D eigenvalue weighted by molar-refractivity contribution is -0.146. The van der Waals surface area contributed by atoms with Crippen LogP contribution in [0, 0.1) is 5.92 Å². The smallest absolute Gasteiger partial charge is 0.305 e. The van der Waals surface area contributed by atoms with Crippen molar-refractivity contribution in [3.8, 4) is 0 Å². The minimum atomic E-state index is -0.170. The van der Waals surface area contributed by atoms with E-state index in [1.54, 1.807) is 6.92 Å². The molecule has 0 amide bonds. The highest BCUT2D eigenvalue weighted by molar-refractivity contribution is 5.79. The van der Waals surface area contributed by atoms with E-state index in [4.69, 9.17) is 4.74 Å². The van der Waals surface area contributed by atoms with Crippen molar-refractivity contribution in [2.75, 3.05) is 6.61 Å². The van der Waals surface area contributed by atoms with E-state index in [-0.39, 0.29) is 30.1 Å². The van der Waals surface area contributed by atoms with E-state index in [9.17, 15) is 14.4 Å². The van der Waals surface area contributed by atoms with E-state index < -0.39 is 0 Å². The monoisotopic (exact) mass is 631 g/mol. The van der Waals surface area contributed by atoms with Crippen LogP contribution in [0.25, 0.3) is 0 Å². The molecule has 1 atom stereocenters. The van der Waals surface area contributed by atoms with Gasteiger partial charge in [-0.15, -0.1) is 0 Å². The van der Waals surface area contributed by atoms with Gasteiger partial charge in [-0.25, -0.2) is 0 Å². The number of carbonyl (C=O) groups excluding carboxylic acids is 3. The van der Waals surface area contributed by atoms with Crippen LogP contribution in [0.1, 0.15) is 207 Å². The Morgan fingerprint density at radius 1 is 0.533 bits per heavy atom. The van der Waals surface area contributed by atoms with Gasteiger partial charge in [0.25, 0.3) is 0 Å². The Labute approximate surface area is 280 Å². The summed E-state index contributed by atoms with van der Waals surface area (Å²) >= 11 is 0. The molecule has 0 heterocycles. The van der Waals surface area contributed by atoms with Gasteiger partial charge in [-0.2, -0.15) is 0 Å². The van der Waals surface area contributed by atoms with Crippen molar-refractivity contribution < 1.29 is 19.1 Å². The number of hydrogen-bond acceptors (Lipinski definition) is 4. The molecule has 0 bridgehead atoms. The van der Waals surface area contributed by atoms with E-state index >= 15 is 0 Å². The number of carbonyl (C=O) groups is 3. The third-order valence-corrected chi connectivity index (χ3v) is 8.82. The van der Waals surface area contributed by atoms with Crippen LogP contribution in [0.15, 0.2) is 24.3 Å². The molecule has 0 saturated heterocycles. The van der Waals surface area contributed by atoms with Gasteiger partial charge in [-0.1, -0.05) is 154 Å². The summed E-state index contributed by atoms with van der Waals surface area (Å²) in [5, 5.41) is 0. The number of ether oxygens (including phenoxy) is 1. The van der Waals surface area contributed by atoms with Gasteiger partial charge in [0.15, 0.2) is 0 Å². The Morgan fingerprint density at radius 3 is 1.44 bits per heavy atom. The highest BCUT2D eigenvalue weighted by atomic mass is 16.5. The number of unbranched alkanes of at least 4 members (excludes halogenated alkanes) is 21. The van der Waals surface area contributed by atoms with Gasteiger partial charge in [0.1, 0.15) is 11.6 Å². The molecule has 0 aliphatic rings. The summed E-state index contributed by atoms with van der Waals surface area (Å²) < 4.78 is 5.56. The normalized spacial score (nSPS) is 12.3. The molecule has 0 rings (SSSR count). The van der Waals surface area contributed by atoms with Crippen LogP contribution in [0.4, 0.5) is 0 Å². The molecule has 0 aromatic heterocycles. The highest BCUT2D eigenvalue weighted by Crippen LogP contribution is 2.18. The van der Waals surface area contributed by atoms with Gasteiger partial charge in [-0.3, -0.25) is 9.59 Å². The number of esters is 1. The molecule has 0 aliphatic heterocycles. The molecule has 4 nitrogen and oxygen atoms in total. The van der Waals surface area contributed by atoms with Crippen LogP contribution < -0.4 is 0 Å². The average Bonchev–Trinajstić information content (AvgIpc) is 3.02. The summed E-state index contributed by atoms with van der Waals surface area (Å²) in [6.45, 7) is 6.36. The van der Waals surface area contributed by atoms with Gasteiger partial charge >= 0.3 is 5.97 Å². The first-order valence-electron chi connectivity index (χ1n) is 19.5. The van der Waals surface area contributed by atoms with Gasteiger partial charge < -0.3 is 9.53 Å². The first-order valence-corrected chi connectivity index (χ1v) is 19.5. The van der Waals surface area contributed by atoms with Crippen LogP contribution >= 0.6 is 0 Å². The molecule has 0 saturated carbocycles. The zero-order valence-electron chi connectivity index (χ0n) is 30.2. The van der Waals surface area contributed by atoms with Crippen molar-refractivity contribution >= 4 is 17.5 Å². The third-order valence-electron chi connectivity index (χ3n) is 8.82. The zero-order valence-corrected chi connectivity index (χ0v) is 30.2. The maximum atomic E-state index is 12.6. The summed E-state index contributed by atoms with van der Waals surface area (Å²) in [6.07, 6.45) is 41.2. The molecular formula is C41H74O4. The molecule has 0 N–H and O–H groups in total. The van der Waals surface area contributed by atoms with Crippen LogP contribution in [0.5, 0.6) is 0 Å². The lowest BCUT2D eigenvalue weighted by Crippen LogP contribution is -2.18. The highest BCUT2D eigenvalue weighted by Gasteiger charge is 2.17. The molecule has 262 valence electrons. The molecule has 4 heteroatoms. The Balaban J connectivity index is 3.89. The number of allylic oxidation sites excluding steroid dienone is 4. The predicted octanol–water partition coefficient (Wildman–Crippen LogP) is 12.8. The summed E-state index contributed by atoms with van der Waals surface area (Å²) in [4.78, 5) is 36.5. The second-order valence-electron chi connectivity index (χ2n) is 13.5. The summed E-state index contributed by atoms with van der Waals surface area (Å²) in [6, 6.07) is 0. The largest absolute Gasteiger partial charge is 0.465 e. The molecule has 0 aliphatic carbocycles. The minimum Gasteiger partial charge on any atom is -0.465 e. The van der Waals surface area contributed by atoms with Crippen molar-refractivity contribution in [1.82, 2.24) is 0 Å². The Bertz CT molecular complexity index is 738. The topological polar surface area (TPSA) is 60.4 Å². The maximum absolute atomic E-state index is 12.6. The summed E-state index contributed by atoms with van der Waals surface area (Å²) in [5.41, 5.74) is 0. The lowest BCUT2D eigenvalue weighted by atomic mass is 9.94. The first kappa shape index (κ1) is 43.3. The van der Waals surface area contributed by atoms with Crippen LogP contribution in [0.2, 0.25) is 0 Å².